The van der Waals surface area contributed by atoms with Crippen molar-refractivity contribution in [1.29, 1.82) is 0 Å². The fourth-order valence-electron chi connectivity index (χ4n) is 8.71. The maximum Gasteiger partial charge on any atom is 0.252 e. The summed E-state index contributed by atoms with van der Waals surface area (Å²) in [6.45, 7) is 5.12. The second-order valence-corrected chi connectivity index (χ2v) is 16.2. The number of methoxy groups -OCH3 is 2. The third-order valence-corrected chi connectivity index (χ3v) is 11.8. The molecule has 6 heterocycles. The van der Waals surface area contributed by atoms with Gasteiger partial charge in [-0.3, -0.25) is 9.78 Å². The number of rotatable bonds is 15. The normalized spacial score (nSPS) is 20.5. The van der Waals surface area contributed by atoms with Gasteiger partial charge < -0.3 is 35.3 Å². The van der Waals surface area contributed by atoms with Crippen LogP contribution < -0.4 is 20.7 Å². The second kappa shape index (κ2) is 18.3. The van der Waals surface area contributed by atoms with E-state index < -0.39 is 0 Å². The number of nitrogens with one attached hydrogen (secondary N) is 3. The van der Waals surface area contributed by atoms with Crippen molar-refractivity contribution < 1.29 is 24.1 Å². The average molecular weight is 818 g/mol. The molecule has 0 aromatic carbocycles. The molecular formula is C44H55N11O5. The zero-order valence-electron chi connectivity index (χ0n) is 35.0. The summed E-state index contributed by atoms with van der Waals surface area (Å²) in [5.74, 6) is 1.96. The van der Waals surface area contributed by atoms with Crippen molar-refractivity contribution in [3.05, 3.63) is 78.3 Å². The van der Waals surface area contributed by atoms with Crippen LogP contribution in [0.25, 0.3) is 33.3 Å². The summed E-state index contributed by atoms with van der Waals surface area (Å²) in [4.78, 5) is 31.0. The van der Waals surface area contributed by atoms with E-state index in [1.54, 1.807) is 33.7 Å². The number of aromatic nitrogens is 8. The monoisotopic (exact) mass is 817 g/mol. The number of hydrogen-bond donors (Lipinski definition) is 4. The van der Waals surface area contributed by atoms with Gasteiger partial charge in [0.15, 0.2) is 0 Å². The summed E-state index contributed by atoms with van der Waals surface area (Å²) >= 11 is 0. The fraction of sp³-hybridized carbons (Fsp3) is 0.477. The van der Waals surface area contributed by atoms with Crippen LogP contribution in [0.2, 0.25) is 0 Å². The fourth-order valence-corrected chi connectivity index (χ4v) is 8.71. The SMILES string of the molecule is CNC(=O)c1cncc(-c2cc([C@H]3CC[C@H](Oc4ccc(-c5cc([C@H]6CC[C@H](O)CC6)n6nc(N[C@@H](C)COC)ncc56)cn4)CC3)n3nc(N[C@@H](C)COC)ncc23)c1. The van der Waals surface area contributed by atoms with Crippen LogP contribution in [0, 0.1) is 0 Å². The maximum atomic E-state index is 12.5. The zero-order valence-corrected chi connectivity index (χ0v) is 35.0. The van der Waals surface area contributed by atoms with E-state index in [0.29, 0.717) is 36.6 Å². The lowest BCUT2D eigenvalue weighted by Crippen LogP contribution is -2.25. The Balaban J connectivity index is 0.995. The zero-order chi connectivity index (χ0) is 41.8. The highest BCUT2D eigenvalue weighted by Gasteiger charge is 2.29. The number of aliphatic hydroxyl groups excluding tert-OH is 1. The lowest BCUT2D eigenvalue weighted by atomic mass is 9.85. The van der Waals surface area contributed by atoms with Gasteiger partial charge in [-0.2, -0.15) is 0 Å². The molecule has 2 aliphatic carbocycles. The highest BCUT2D eigenvalue weighted by Crippen LogP contribution is 2.40. The number of ether oxygens (including phenoxy) is 3. The lowest BCUT2D eigenvalue weighted by Gasteiger charge is -2.28. The van der Waals surface area contributed by atoms with Crippen molar-refractivity contribution in [2.24, 2.45) is 0 Å². The molecule has 60 heavy (non-hydrogen) atoms. The number of fused-ring (bicyclic) bond motifs is 2. The van der Waals surface area contributed by atoms with Crippen molar-refractivity contribution in [2.45, 2.75) is 101 Å². The molecule has 1 amide bonds. The predicted molar refractivity (Wildman–Crippen MR) is 229 cm³/mol. The second-order valence-electron chi connectivity index (χ2n) is 16.2. The van der Waals surface area contributed by atoms with Crippen molar-refractivity contribution in [1.82, 2.24) is 44.5 Å². The minimum Gasteiger partial charge on any atom is -0.474 e. The molecule has 0 unspecified atom stereocenters. The summed E-state index contributed by atoms with van der Waals surface area (Å²) in [6.07, 6.45) is 15.6. The van der Waals surface area contributed by atoms with E-state index in [4.69, 9.17) is 29.4 Å². The van der Waals surface area contributed by atoms with Crippen LogP contribution in [0.3, 0.4) is 0 Å². The van der Waals surface area contributed by atoms with Crippen molar-refractivity contribution in [3.8, 4) is 28.1 Å². The highest BCUT2D eigenvalue weighted by atomic mass is 16.5. The Morgan fingerprint density at radius 3 is 1.83 bits per heavy atom. The molecule has 2 atom stereocenters. The molecule has 4 N–H and O–H groups in total. The van der Waals surface area contributed by atoms with Gasteiger partial charge >= 0.3 is 0 Å². The van der Waals surface area contributed by atoms with Gasteiger partial charge in [-0.05, 0) is 89.5 Å². The minimum absolute atomic E-state index is 0.0175. The molecule has 0 bridgehead atoms. The lowest BCUT2D eigenvalue weighted by molar-refractivity contribution is 0.0962. The molecule has 2 saturated carbocycles. The number of carbonyl (C=O) groups is 1. The molecular weight excluding hydrogens is 763 g/mol. The molecule has 6 aromatic rings. The summed E-state index contributed by atoms with van der Waals surface area (Å²) in [7, 11) is 4.97. The molecule has 16 heteroatoms. The Kier molecular flexibility index (Phi) is 12.5. The topological polar surface area (TPSA) is 187 Å². The third kappa shape index (κ3) is 8.90. The summed E-state index contributed by atoms with van der Waals surface area (Å²) in [5.41, 5.74) is 8.14. The van der Waals surface area contributed by atoms with Crippen LogP contribution >= 0.6 is 0 Å². The number of amides is 1. The average Bonchev–Trinajstić information content (AvgIpc) is 3.83. The smallest absolute Gasteiger partial charge is 0.252 e. The van der Waals surface area contributed by atoms with Crippen molar-refractivity contribution in [2.75, 3.05) is 45.1 Å². The Morgan fingerprint density at radius 1 is 0.733 bits per heavy atom. The van der Waals surface area contributed by atoms with Gasteiger partial charge in [-0.1, -0.05) is 0 Å². The quantitative estimate of drug-likeness (QED) is 0.0909. The van der Waals surface area contributed by atoms with Gasteiger partial charge in [0, 0.05) is 103 Å². The first-order chi connectivity index (χ1) is 29.2. The van der Waals surface area contributed by atoms with Gasteiger partial charge in [0.05, 0.1) is 48.3 Å². The third-order valence-electron chi connectivity index (χ3n) is 11.8. The standard InChI is InChI=1S/C44H55N11O5/c1-26(24-58-4)50-43-48-22-39-35(17-37(54(39)52-43)28-6-11-33(56)12-7-28)30-10-15-41(47-21-30)60-34-13-8-29(9-14-34)38-18-36(31-16-32(20-46-19-31)42(57)45-3)40-23-49-44(53-55(38)40)51-27(2)25-59-5/h10,15-23,26-29,33-34,56H,6-9,11-14,24-25H2,1-5H3,(H,45,57)(H,50,52)(H,51,53)/t26-,27-,28-,29-,33-,34-/m0/s1. The molecule has 0 saturated heterocycles. The van der Waals surface area contributed by atoms with Gasteiger partial charge in [0.1, 0.15) is 6.10 Å². The van der Waals surface area contributed by atoms with E-state index in [-0.39, 0.29) is 42.0 Å². The predicted octanol–water partition coefficient (Wildman–Crippen LogP) is 6.27. The van der Waals surface area contributed by atoms with Crippen LogP contribution in [0.5, 0.6) is 5.88 Å². The number of anilines is 2. The molecule has 0 radical (unpaired) electrons. The number of aliphatic hydroxyl groups is 1. The molecule has 8 rings (SSSR count). The number of carbonyl (C=O) groups excluding carboxylic acids is 1. The van der Waals surface area contributed by atoms with Crippen LogP contribution in [-0.4, -0.2) is 109 Å². The molecule has 316 valence electrons. The Morgan fingerprint density at radius 2 is 1.30 bits per heavy atom. The van der Waals surface area contributed by atoms with Gasteiger partial charge in [-0.25, -0.2) is 24.0 Å². The van der Waals surface area contributed by atoms with Crippen LogP contribution in [0.15, 0.2) is 61.3 Å². The Bertz CT molecular complexity index is 2400. The number of hydrogen-bond acceptors (Lipinski definition) is 13. The van der Waals surface area contributed by atoms with E-state index in [1.165, 1.54) is 0 Å². The summed E-state index contributed by atoms with van der Waals surface area (Å²) < 4.78 is 21.1. The Labute approximate surface area is 349 Å². The van der Waals surface area contributed by atoms with Gasteiger partial charge in [0.25, 0.3) is 5.91 Å². The number of pyridine rings is 2. The van der Waals surface area contributed by atoms with Crippen molar-refractivity contribution >= 4 is 28.8 Å². The molecule has 16 nitrogen and oxygen atoms in total. The maximum absolute atomic E-state index is 12.5. The van der Waals surface area contributed by atoms with E-state index in [0.717, 1.165) is 96.0 Å². The highest BCUT2D eigenvalue weighted by molar-refractivity contribution is 5.95. The summed E-state index contributed by atoms with van der Waals surface area (Å²) in [6, 6.07) is 10.3. The molecule has 6 aromatic heterocycles. The van der Waals surface area contributed by atoms with Crippen molar-refractivity contribution in [3.63, 3.8) is 0 Å². The van der Waals surface area contributed by atoms with Gasteiger partial charge in [-0.15, -0.1) is 10.2 Å². The Hall–Kier alpha value is -5.71. The molecule has 0 aliphatic heterocycles. The van der Waals surface area contributed by atoms with E-state index in [2.05, 4.69) is 49.1 Å². The first-order valence-corrected chi connectivity index (χ1v) is 21.0. The van der Waals surface area contributed by atoms with Crippen LogP contribution in [-0.2, 0) is 9.47 Å². The first kappa shape index (κ1) is 41.0. The first-order valence-electron chi connectivity index (χ1n) is 21.0. The molecule has 2 fully saturated rings. The molecule has 2 aliphatic rings. The van der Waals surface area contributed by atoms with E-state index in [9.17, 15) is 9.90 Å². The van der Waals surface area contributed by atoms with E-state index in [1.807, 2.05) is 53.6 Å². The van der Waals surface area contributed by atoms with Crippen LogP contribution in [0.4, 0.5) is 11.9 Å². The van der Waals surface area contributed by atoms with Crippen LogP contribution in [0.1, 0.15) is 98.8 Å². The van der Waals surface area contributed by atoms with Gasteiger partial charge in [0.2, 0.25) is 17.8 Å². The molecule has 0 spiro atoms. The minimum atomic E-state index is -0.244. The summed E-state index contributed by atoms with van der Waals surface area (Å²) in [5, 5.41) is 29.5. The van der Waals surface area contributed by atoms with E-state index >= 15 is 0 Å². The largest absolute Gasteiger partial charge is 0.474 e. The number of nitrogens with zero attached hydrogens (tertiary/aromatic N) is 8.